The van der Waals surface area contributed by atoms with Crippen molar-refractivity contribution < 1.29 is 8.78 Å². The van der Waals surface area contributed by atoms with Crippen LogP contribution in [0.5, 0.6) is 0 Å². The molecular formula is C12H12F2N2. The number of rotatable bonds is 2. The zero-order chi connectivity index (χ0) is 11.7. The molecule has 0 aliphatic carbocycles. The maximum atomic E-state index is 13.0. The average Bonchev–Trinajstić information content (AvgIpc) is 2.64. The molecule has 0 bridgehead atoms. The zero-order valence-corrected chi connectivity index (χ0v) is 9.09. The highest BCUT2D eigenvalue weighted by atomic mass is 19.1. The van der Waals surface area contributed by atoms with Gasteiger partial charge in [0.15, 0.2) is 0 Å². The highest BCUT2D eigenvalue weighted by Gasteiger charge is 2.08. The van der Waals surface area contributed by atoms with Gasteiger partial charge in [-0.2, -0.15) is 5.10 Å². The Morgan fingerprint density at radius 3 is 2.19 bits per heavy atom. The molecule has 0 saturated heterocycles. The SMILES string of the molecule is CC(C)c1cc(-c2cc(F)cc(F)c2)n[nH]1. The molecule has 1 heterocycles. The van der Waals surface area contributed by atoms with E-state index in [1.165, 1.54) is 12.1 Å². The lowest BCUT2D eigenvalue weighted by Crippen LogP contribution is -1.85. The molecule has 1 aromatic carbocycles. The van der Waals surface area contributed by atoms with Crippen molar-refractivity contribution in [1.82, 2.24) is 10.2 Å². The van der Waals surface area contributed by atoms with Crippen LogP contribution in [0.3, 0.4) is 0 Å². The number of H-pyrrole nitrogens is 1. The summed E-state index contributed by atoms with van der Waals surface area (Å²) in [5, 5.41) is 6.88. The van der Waals surface area contributed by atoms with Crippen molar-refractivity contribution >= 4 is 0 Å². The lowest BCUT2D eigenvalue weighted by molar-refractivity contribution is 0.584. The number of hydrogen-bond donors (Lipinski definition) is 1. The van der Waals surface area contributed by atoms with Gasteiger partial charge in [0.2, 0.25) is 0 Å². The Labute approximate surface area is 92.3 Å². The third-order valence-corrected chi connectivity index (χ3v) is 2.38. The zero-order valence-electron chi connectivity index (χ0n) is 9.09. The summed E-state index contributed by atoms with van der Waals surface area (Å²) in [6.07, 6.45) is 0. The minimum Gasteiger partial charge on any atom is -0.282 e. The predicted molar refractivity (Wildman–Crippen MR) is 58.0 cm³/mol. The third kappa shape index (κ3) is 2.10. The number of nitrogens with zero attached hydrogens (tertiary/aromatic N) is 1. The van der Waals surface area contributed by atoms with Crippen LogP contribution in [0, 0.1) is 11.6 Å². The molecule has 2 rings (SSSR count). The number of nitrogens with one attached hydrogen (secondary N) is 1. The maximum absolute atomic E-state index is 13.0. The minimum absolute atomic E-state index is 0.305. The second-order valence-electron chi connectivity index (χ2n) is 4.02. The summed E-state index contributed by atoms with van der Waals surface area (Å²) in [6.45, 7) is 4.03. The molecule has 2 nitrogen and oxygen atoms in total. The molecule has 4 heteroatoms. The fraction of sp³-hybridized carbons (Fsp3) is 0.250. The summed E-state index contributed by atoms with van der Waals surface area (Å²) in [5.74, 6) is -0.882. The Morgan fingerprint density at radius 2 is 1.69 bits per heavy atom. The number of halogens is 2. The van der Waals surface area contributed by atoms with Crippen LogP contribution in [0.25, 0.3) is 11.3 Å². The van der Waals surface area contributed by atoms with E-state index >= 15 is 0 Å². The van der Waals surface area contributed by atoms with Gasteiger partial charge < -0.3 is 0 Å². The Bertz CT molecular complexity index is 483. The van der Waals surface area contributed by atoms with Crippen LogP contribution in [0.1, 0.15) is 25.5 Å². The van der Waals surface area contributed by atoms with E-state index in [1.807, 2.05) is 13.8 Å². The Hall–Kier alpha value is -1.71. The largest absolute Gasteiger partial charge is 0.282 e. The number of hydrogen-bond acceptors (Lipinski definition) is 1. The molecule has 0 saturated carbocycles. The molecule has 84 valence electrons. The van der Waals surface area contributed by atoms with Crippen molar-refractivity contribution in [2.24, 2.45) is 0 Å². The normalized spacial score (nSPS) is 11.1. The van der Waals surface area contributed by atoms with E-state index in [4.69, 9.17) is 0 Å². The van der Waals surface area contributed by atoms with Gasteiger partial charge in [-0.1, -0.05) is 13.8 Å². The van der Waals surface area contributed by atoms with Crippen molar-refractivity contribution in [1.29, 1.82) is 0 Å². The summed E-state index contributed by atoms with van der Waals surface area (Å²) in [4.78, 5) is 0. The van der Waals surface area contributed by atoms with Crippen LogP contribution in [0.4, 0.5) is 8.78 Å². The van der Waals surface area contributed by atoms with Gasteiger partial charge in [-0.3, -0.25) is 5.10 Å². The van der Waals surface area contributed by atoms with Crippen LogP contribution in [-0.4, -0.2) is 10.2 Å². The first-order chi connectivity index (χ1) is 7.56. The fourth-order valence-electron chi connectivity index (χ4n) is 1.48. The van der Waals surface area contributed by atoms with E-state index in [-0.39, 0.29) is 0 Å². The van der Waals surface area contributed by atoms with E-state index < -0.39 is 11.6 Å². The first kappa shape index (κ1) is 10.8. The quantitative estimate of drug-likeness (QED) is 0.828. The van der Waals surface area contributed by atoms with Crippen molar-refractivity contribution in [3.8, 4) is 11.3 Å². The van der Waals surface area contributed by atoms with Crippen LogP contribution in [0.2, 0.25) is 0 Å². The molecular weight excluding hydrogens is 210 g/mol. The predicted octanol–water partition coefficient (Wildman–Crippen LogP) is 3.48. The molecule has 2 aromatic rings. The van der Waals surface area contributed by atoms with Crippen molar-refractivity contribution in [3.05, 3.63) is 41.6 Å². The maximum Gasteiger partial charge on any atom is 0.126 e. The summed E-state index contributed by atoms with van der Waals surface area (Å²) < 4.78 is 26.0. The van der Waals surface area contributed by atoms with Gasteiger partial charge in [-0.15, -0.1) is 0 Å². The summed E-state index contributed by atoms with van der Waals surface area (Å²) in [5.41, 5.74) is 1.95. The van der Waals surface area contributed by atoms with Gasteiger partial charge in [0.05, 0.1) is 5.69 Å². The molecule has 0 fully saturated rings. The average molecular weight is 222 g/mol. The highest BCUT2D eigenvalue weighted by Crippen LogP contribution is 2.22. The molecule has 1 aromatic heterocycles. The fourth-order valence-corrected chi connectivity index (χ4v) is 1.48. The molecule has 0 aliphatic rings. The minimum atomic E-state index is -0.593. The van der Waals surface area contributed by atoms with Gasteiger partial charge in [0, 0.05) is 17.3 Å². The molecule has 0 atom stereocenters. The monoisotopic (exact) mass is 222 g/mol. The summed E-state index contributed by atoms with van der Waals surface area (Å²) in [6, 6.07) is 5.19. The van der Waals surface area contributed by atoms with Gasteiger partial charge in [0.1, 0.15) is 11.6 Å². The van der Waals surface area contributed by atoms with Gasteiger partial charge in [-0.25, -0.2) is 8.78 Å². The highest BCUT2D eigenvalue weighted by molar-refractivity contribution is 5.59. The van der Waals surface area contributed by atoms with Crippen molar-refractivity contribution in [2.75, 3.05) is 0 Å². The first-order valence-corrected chi connectivity index (χ1v) is 5.08. The second kappa shape index (κ2) is 4.04. The van der Waals surface area contributed by atoms with E-state index in [2.05, 4.69) is 10.2 Å². The smallest absolute Gasteiger partial charge is 0.126 e. The third-order valence-electron chi connectivity index (χ3n) is 2.38. The van der Waals surface area contributed by atoms with Crippen molar-refractivity contribution in [2.45, 2.75) is 19.8 Å². The van der Waals surface area contributed by atoms with Gasteiger partial charge in [0.25, 0.3) is 0 Å². The van der Waals surface area contributed by atoms with Crippen LogP contribution in [0.15, 0.2) is 24.3 Å². The Kier molecular flexibility index (Phi) is 2.73. The molecule has 0 spiro atoms. The van der Waals surface area contributed by atoms with Crippen LogP contribution in [-0.2, 0) is 0 Å². The first-order valence-electron chi connectivity index (χ1n) is 5.08. The van der Waals surface area contributed by atoms with E-state index in [9.17, 15) is 8.78 Å². The molecule has 0 radical (unpaired) electrons. The lowest BCUT2D eigenvalue weighted by atomic mass is 10.1. The lowest BCUT2D eigenvalue weighted by Gasteiger charge is -1.98. The number of aromatic nitrogens is 2. The van der Waals surface area contributed by atoms with E-state index in [0.29, 0.717) is 17.2 Å². The van der Waals surface area contributed by atoms with Crippen LogP contribution < -0.4 is 0 Å². The Balaban J connectivity index is 2.42. The van der Waals surface area contributed by atoms with Gasteiger partial charge >= 0.3 is 0 Å². The standard InChI is InChI=1S/C12H12F2N2/c1-7(2)11-6-12(16-15-11)8-3-9(13)5-10(14)4-8/h3-7H,1-2H3,(H,15,16). The molecule has 0 amide bonds. The van der Waals surface area contributed by atoms with E-state index in [1.54, 1.807) is 6.07 Å². The molecule has 0 unspecified atom stereocenters. The summed E-state index contributed by atoms with van der Waals surface area (Å²) in [7, 11) is 0. The molecule has 16 heavy (non-hydrogen) atoms. The van der Waals surface area contributed by atoms with Crippen molar-refractivity contribution in [3.63, 3.8) is 0 Å². The number of aromatic amines is 1. The van der Waals surface area contributed by atoms with Crippen LogP contribution >= 0.6 is 0 Å². The second-order valence-corrected chi connectivity index (χ2v) is 4.02. The summed E-state index contributed by atoms with van der Waals surface area (Å²) >= 11 is 0. The topological polar surface area (TPSA) is 28.7 Å². The Morgan fingerprint density at radius 1 is 1.06 bits per heavy atom. The van der Waals surface area contributed by atoms with E-state index in [0.717, 1.165) is 11.8 Å². The molecule has 1 N–H and O–H groups in total. The number of benzene rings is 1. The molecule has 0 aliphatic heterocycles. The van der Waals surface area contributed by atoms with Gasteiger partial charge in [-0.05, 0) is 24.1 Å².